The Morgan fingerprint density at radius 3 is 1.77 bits per heavy atom. The van der Waals surface area contributed by atoms with E-state index < -0.39 is 0 Å². The maximum Gasteiger partial charge on any atom is 0.0570 e. The van der Waals surface area contributed by atoms with Crippen LogP contribution in [0.25, 0.3) is 0 Å². The maximum absolute atomic E-state index is 9.81. The van der Waals surface area contributed by atoms with E-state index in [9.17, 15) is 5.11 Å². The Bertz CT molecular complexity index is 99.3. The average molecular weight is 188 g/mol. The van der Waals surface area contributed by atoms with E-state index in [0.717, 1.165) is 12.8 Å². The third-order valence-corrected chi connectivity index (χ3v) is 2.56. The molecule has 0 aliphatic carbocycles. The van der Waals surface area contributed by atoms with Crippen molar-refractivity contribution in [3.05, 3.63) is 0 Å². The second-order valence-electron chi connectivity index (χ2n) is 4.05. The van der Waals surface area contributed by atoms with Crippen molar-refractivity contribution in [1.29, 1.82) is 0 Å². The summed E-state index contributed by atoms with van der Waals surface area (Å²) < 4.78 is 0. The molecule has 2 atom stereocenters. The predicted octanol–water partition coefficient (Wildman–Crippen LogP) is 3.86. The van der Waals surface area contributed by atoms with Crippen molar-refractivity contribution in [2.24, 2.45) is 11.8 Å². The molecule has 0 aromatic carbocycles. The first-order valence-electron chi connectivity index (χ1n) is 5.31. The molecule has 0 aliphatic rings. The van der Waals surface area contributed by atoms with Gasteiger partial charge in [0.1, 0.15) is 0 Å². The van der Waals surface area contributed by atoms with Gasteiger partial charge in [0.05, 0.1) is 6.10 Å². The lowest BCUT2D eigenvalue weighted by atomic mass is 9.85. The van der Waals surface area contributed by atoms with Gasteiger partial charge in [0.25, 0.3) is 0 Å². The van der Waals surface area contributed by atoms with Crippen LogP contribution in [-0.2, 0) is 0 Å². The van der Waals surface area contributed by atoms with Crippen molar-refractivity contribution in [1.82, 2.24) is 0 Å². The summed E-state index contributed by atoms with van der Waals surface area (Å²) in [7, 11) is 0. The molecule has 0 aliphatic heterocycles. The van der Waals surface area contributed by atoms with Gasteiger partial charge in [-0.1, -0.05) is 48.0 Å². The Morgan fingerprint density at radius 2 is 1.46 bits per heavy atom. The zero-order valence-electron chi connectivity index (χ0n) is 9.01. The van der Waals surface area contributed by atoms with E-state index in [4.69, 9.17) is 0 Å². The molecule has 0 aromatic rings. The minimum absolute atomic E-state index is 0. The van der Waals surface area contributed by atoms with Gasteiger partial charge in [-0.2, -0.15) is 0 Å². The number of rotatable bonds is 6. The first-order valence-corrected chi connectivity index (χ1v) is 5.31. The van der Waals surface area contributed by atoms with Crippen LogP contribution in [-0.4, -0.2) is 11.2 Å². The molecule has 0 saturated heterocycles. The zero-order chi connectivity index (χ0) is 9.56. The van der Waals surface area contributed by atoms with E-state index in [-0.39, 0.29) is 13.5 Å². The summed E-state index contributed by atoms with van der Waals surface area (Å²) in [6.45, 7) is 8.74. The summed E-state index contributed by atoms with van der Waals surface area (Å²) in [4.78, 5) is 0. The van der Waals surface area contributed by atoms with Gasteiger partial charge in [-0.15, -0.1) is 0 Å². The van der Waals surface area contributed by atoms with Crippen molar-refractivity contribution >= 4 is 0 Å². The van der Waals surface area contributed by atoms with Crippen LogP contribution in [0.15, 0.2) is 0 Å². The first kappa shape index (κ1) is 15.4. The molecular formula is C12H28O. The number of aliphatic hydroxyl groups excluding tert-OH is 1. The Hall–Kier alpha value is -0.0400. The van der Waals surface area contributed by atoms with E-state index in [1.54, 1.807) is 0 Å². The van der Waals surface area contributed by atoms with Crippen molar-refractivity contribution in [3.63, 3.8) is 0 Å². The topological polar surface area (TPSA) is 20.2 Å². The van der Waals surface area contributed by atoms with E-state index in [2.05, 4.69) is 27.7 Å². The number of hydrogen-bond acceptors (Lipinski definition) is 1. The molecular weight excluding hydrogens is 160 g/mol. The van der Waals surface area contributed by atoms with Crippen LogP contribution in [0.5, 0.6) is 0 Å². The Kier molecular flexibility index (Phi) is 10.2. The molecule has 0 spiro atoms. The van der Waals surface area contributed by atoms with Gasteiger partial charge >= 0.3 is 0 Å². The third kappa shape index (κ3) is 6.09. The molecule has 13 heavy (non-hydrogen) atoms. The molecule has 82 valence electrons. The molecule has 0 radical (unpaired) electrons. The third-order valence-electron chi connectivity index (χ3n) is 2.56. The Balaban J connectivity index is 0. The van der Waals surface area contributed by atoms with E-state index in [1.165, 1.54) is 12.8 Å². The summed E-state index contributed by atoms with van der Waals surface area (Å²) in [5, 5.41) is 9.81. The quantitative estimate of drug-likeness (QED) is 0.671. The van der Waals surface area contributed by atoms with E-state index in [1.807, 2.05) is 0 Å². The fourth-order valence-corrected chi connectivity index (χ4v) is 1.81. The minimum Gasteiger partial charge on any atom is -0.393 e. The first-order chi connectivity index (χ1) is 5.63. The van der Waals surface area contributed by atoms with Crippen LogP contribution in [0.4, 0.5) is 0 Å². The van der Waals surface area contributed by atoms with Gasteiger partial charge in [-0.05, 0) is 24.7 Å². The van der Waals surface area contributed by atoms with E-state index >= 15 is 0 Å². The van der Waals surface area contributed by atoms with Gasteiger partial charge in [-0.25, -0.2) is 0 Å². The second-order valence-corrected chi connectivity index (χ2v) is 4.05. The monoisotopic (exact) mass is 188 g/mol. The normalized spacial score (nSPS) is 15.2. The highest BCUT2D eigenvalue weighted by Gasteiger charge is 2.20. The van der Waals surface area contributed by atoms with Crippen LogP contribution in [0.1, 0.15) is 60.8 Å². The molecule has 0 unspecified atom stereocenters. The highest BCUT2D eigenvalue weighted by molar-refractivity contribution is 4.71. The summed E-state index contributed by atoms with van der Waals surface area (Å²) in [6.07, 6.45) is 4.33. The van der Waals surface area contributed by atoms with Crippen molar-refractivity contribution in [2.45, 2.75) is 66.9 Å². The fraction of sp³-hybridized carbons (Fsp3) is 1.00. The summed E-state index contributed by atoms with van der Waals surface area (Å²) in [5.74, 6) is 1.13. The van der Waals surface area contributed by atoms with Gasteiger partial charge in [0.15, 0.2) is 0 Å². The smallest absolute Gasteiger partial charge is 0.0570 e. The Morgan fingerprint density at radius 1 is 1.00 bits per heavy atom. The van der Waals surface area contributed by atoms with Gasteiger partial charge in [0.2, 0.25) is 0 Å². The molecule has 0 aromatic heterocycles. The van der Waals surface area contributed by atoms with Crippen molar-refractivity contribution in [3.8, 4) is 0 Å². The van der Waals surface area contributed by atoms with Gasteiger partial charge in [0, 0.05) is 0 Å². The molecule has 1 heteroatoms. The standard InChI is InChI=1S/C11H24O.CH4/c1-5-7-10(9(3)4)11(12)8-6-2;/h9-12H,5-8H2,1-4H3;1H4/t10-,11-;/m1./s1. The summed E-state index contributed by atoms with van der Waals surface area (Å²) in [6, 6.07) is 0. The zero-order valence-corrected chi connectivity index (χ0v) is 9.01. The highest BCUT2D eigenvalue weighted by Crippen LogP contribution is 2.23. The van der Waals surface area contributed by atoms with Crippen LogP contribution in [0, 0.1) is 11.8 Å². The fourth-order valence-electron chi connectivity index (χ4n) is 1.81. The lowest BCUT2D eigenvalue weighted by molar-refractivity contribution is 0.0674. The summed E-state index contributed by atoms with van der Waals surface area (Å²) >= 11 is 0. The second kappa shape index (κ2) is 8.55. The molecule has 0 bridgehead atoms. The summed E-state index contributed by atoms with van der Waals surface area (Å²) in [5.41, 5.74) is 0. The van der Waals surface area contributed by atoms with Crippen LogP contribution >= 0.6 is 0 Å². The molecule has 0 rings (SSSR count). The Labute approximate surface area is 84.6 Å². The SMILES string of the molecule is C.CCC[C@@H](O)[C@H](CCC)C(C)C. The number of aliphatic hydroxyl groups is 1. The minimum atomic E-state index is -0.0741. The average Bonchev–Trinajstić information content (AvgIpc) is 1.99. The molecule has 1 nitrogen and oxygen atoms in total. The van der Waals surface area contributed by atoms with Crippen molar-refractivity contribution in [2.75, 3.05) is 0 Å². The van der Waals surface area contributed by atoms with Crippen LogP contribution in [0.2, 0.25) is 0 Å². The lowest BCUT2D eigenvalue weighted by Gasteiger charge is -2.25. The maximum atomic E-state index is 9.81. The van der Waals surface area contributed by atoms with Crippen LogP contribution in [0.3, 0.4) is 0 Å². The molecule has 1 N–H and O–H groups in total. The van der Waals surface area contributed by atoms with Crippen LogP contribution < -0.4 is 0 Å². The number of hydrogen-bond donors (Lipinski definition) is 1. The van der Waals surface area contributed by atoms with Gasteiger partial charge < -0.3 is 5.11 Å². The highest BCUT2D eigenvalue weighted by atomic mass is 16.3. The van der Waals surface area contributed by atoms with Gasteiger partial charge in [-0.3, -0.25) is 0 Å². The molecule has 0 fully saturated rings. The molecule has 0 saturated carbocycles. The molecule has 0 amide bonds. The van der Waals surface area contributed by atoms with E-state index in [0.29, 0.717) is 11.8 Å². The molecule has 0 heterocycles. The predicted molar refractivity (Wildman–Crippen MR) is 60.9 cm³/mol. The largest absolute Gasteiger partial charge is 0.393 e. The van der Waals surface area contributed by atoms with Crippen molar-refractivity contribution < 1.29 is 5.11 Å². The lowest BCUT2D eigenvalue weighted by Crippen LogP contribution is -2.24.